The lowest BCUT2D eigenvalue weighted by Gasteiger charge is -2.09. The summed E-state index contributed by atoms with van der Waals surface area (Å²) in [7, 11) is 0. The van der Waals surface area contributed by atoms with Crippen molar-refractivity contribution in [3.63, 3.8) is 0 Å². The fourth-order valence-electron chi connectivity index (χ4n) is 1.55. The maximum absolute atomic E-state index is 11.7. The number of H-pyrrole nitrogens is 1. The molecule has 1 aromatic heterocycles. The van der Waals surface area contributed by atoms with Crippen LogP contribution in [0.4, 0.5) is 0 Å². The molecule has 0 aliphatic rings. The van der Waals surface area contributed by atoms with Crippen molar-refractivity contribution in [3.05, 3.63) is 45.8 Å². The highest BCUT2D eigenvalue weighted by Crippen LogP contribution is 2.27. The Hall–Kier alpha value is -1.81. The van der Waals surface area contributed by atoms with Crippen LogP contribution in [-0.2, 0) is 0 Å². The van der Waals surface area contributed by atoms with Gasteiger partial charge in [0.05, 0.1) is 12.2 Å². The molecular weight excluding hydrogens is 240 g/mol. The first-order valence-corrected chi connectivity index (χ1v) is 5.57. The molecule has 0 radical (unpaired) electrons. The molecule has 2 rings (SSSR count). The van der Waals surface area contributed by atoms with E-state index in [0.717, 1.165) is 0 Å². The average Bonchev–Trinajstić information content (AvgIpc) is 2.34. The number of hydrogen-bond donors (Lipinski definition) is 1. The van der Waals surface area contributed by atoms with Crippen LogP contribution >= 0.6 is 11.6 Å². The molecule has 0 spiro atoms. The van der Waals surface area contributed by atoms with E-state index >= 15 is 0 Å². The first-order chi connectivity index (χ1) is 8.22. The Labute approximate surface area is 103 Å². The number of nitrogens with zero attached hydrogens (tertiary/aromatic N) is 1. The van der Waals surface area contributed by atoms with Crippen LogP contribution in [0.2, 0.25) is 5.15 Å². The first-order valence-electron chi connectivity index (χ1n) is 5.19. The number of aromatic nitrogens is 2. The number of halogens is 1. The van der Waals surface area contributed by atoms with Crippen LogP contribution in [0.25, 0.3) is 11.1 Å². The Balaban J connectivity index is 2.59. The van der Waals surface area contributed by atoms with Gasteiger partial charge < -0.3 is 4.74 Å². The van der Waals surface area contributed by atoms with Crippen LogP contribution in [0.5, 0.6) is 5.75 Å². The van der Waals surface area contributed by atoms with Gasteiger partial charge in [-0.3, -0.25) is 4.79 Å². The number of nitrogens with one attached hydrogen (secondary N) is 1. The predicted octanol–water partition coefficient (Wildman–Crippen LogP) is 2.49. The maximum Gasteiger partial charge on any atom is 0.272 e. The minimum absolute atomic E-state index is 0.242. The molecule has 1 N–H and O–H groups in total. The van der Waals surface area contributed by atoms with Crippen LogP contribution in [0.15, 0.2) is 35.1 Å². The summed E-state index contributed by atoms with van der Waals surface area (Å²) in [6, 6.07) is 8.84. The highest BCUT2D eigenvalue weighted by Gasteiger charge is 2.10. The topological polar surface area (TPSA) is 55.0 Å². The fraction of sp³-hybridized carbons (Fsp3) is 0.167. The lowest BCUT2D eigenvalue weighted by molar-refractivity contribution is 0.341. The number of aromatic amines is 1. The van der Waals surface area contributed by atoms with Crippen LogP contribution in [0.1, 0.15) is 6.92 Å². The minimum atomic E-state index is -0.290. The minimum Gasteiger partial charge on any atom is -0.493 e. The molecule has 5 heteroatoms. The van der Waals surface area contributed by atoms with Crippen molar-refractivity contribution in [1.82, 2.24) is 10.2 Å². The summed E-state index contributed by atoms with van der Waals surface area (Å²) in [4.78, 5) is 11.7. The van der Waals surface area contributed by atoms with E-state index in [1.165, 1.54) is 6.07 Å². The van der Waals surface area contributed by atoms with E-state index in [-0.39, 0.29) is 10.7 Å². The standard InChI is InChI=1S/C12H11ClN2O2/c1-2-17-10-6-4-3-5-8(10)9-7-11(13)14-15-12(9)16/h3-7H,2H2,1H3,(H,15,16). The molecule has 1 heterocycles. The molecule has 0 fully saturated rings. The van der Waals surface area contributed by atoms with E-state index in [1.807, 2.05) is 31.2 Å². The Morgan fingerprint density at radius 2 is 2.12 bits per heavy atom. The molecule has 0 amide bonds. The monoisotopic (exact) mass is 250 g/mol. The predicted molar refractivity (Wildman–Crippen MR) is 66.5 cm³/mol. The maximum atomic E-state index is 11.7. The smallest absolute Gasteiger partial charge is 0.272 e. The fourth-order valence-corrected chi connectivity index (χ4v) is 1.70. The van der Waals surface area contributed by atoms with Crippen molar-refractivity contribution in [2.45, 2.75) is 6.92 Å². The van der Waals surface area contributed by atoms with Gasteiger partial charge in [-0.25, -0.2) is 5.10 Å². The molecular formula is C12H11ClN2O2. The average molecular weight is 251 g/mol. The van der Waals surface area contributed by atoms with E-state index in [2.05, 4.69) is 10.2 Å². The van der Waals surface area contributed by atoms with Gasteiger partial charge in [0.1, 0.15) is 10.9 Å². The van der Waals surface area contributed by atoms with E-state index in [4.69, 9.17) is 16.3 Å². The molecule has 0 saturated carbocycles. The number of rotatable bonds is 3. The third kappa shape index (κ3) is 2.47. The highest BCUT2D eigenvalue weighted by atomic mass is 35.5. The zero-order chi connectivity index (χ0) is 12.3. The highest BCUT2D eigenvalue weighted by molar-refractivity contribution is 6.29. The van der Waals surface area contributed by atoms with E-state index in [1.54, 1.807) is 0 Å². The van der Waals surface area contributed by atoms with Gasteiger partial charge in [0, 0.05) is 5.56 Å². The summed E-state index contributed by atoms with van der Waals surface area (Å²) in [5.74, 6) is 0.655. The quantitative estimate of drug-likeness (QED) is 0.911. The molecule has 0 bridgehead atoms. The number of ether oxygens (including phenoxy) is 1. The first kappa shape index (κ1) is 11.7. The Morgan fingerprint density at radius 1 is 1.35 bits per heavy atom. The van der Waals surface area contributed by atoms with Gasteiger partial charge in [0.25, 0.3) is 5.56 Å². The number of benzene rings is 1. The van der Waals surface area contributed by atoms with Gasteiger partial charge in [0.15, 0.2) is 0 Å². The molecule has 1 aromatic carbocycles. The second-order valence-corrected chi connectivity index (χ2v) is 3.75. The Bertz CT molecular complexity index is 581. The molecule has 0 aliphatic carbocycles. The molecule has 2 aromatic rings. The number of para-hydroxylation sites is 1. The summed E-state index contributed by atoms with van der Waals surface area (Å²) in [6.45, 7) is 2.42. The normalized spacial score (nSPS) is 10.2. The van der Waals surface area contributed by atoms with Crippen molar-refractivity contribution in [3.8, 4) is 16.9 Å². The molecule has 0 atom stereocenters. The second kappa shape index (κ2) is 5.01. The lowest BCUT2D eigenvalue weighted by Crippen LogP contribution is -2.11. The van der Waals surface area contributed by atoms with Gasteiger partial charge in [-0.05, 0) is 19.1 Å². The summed E-state index contributed by atoms with van der Waals surface area (Å²) in [6.07, 6.45) is 0. The van der Waals surface area contributed by atoms with Crippen molar-refractivity contribution >= 4 is 11.6 Å². The van der Waals surface area contributed by atoms with Gasteiger partial charge >= 0.3 is 0 Å². The van der Waals surface area contributed by atoms with Crippen LogP contribution in [-0.4, -0.2) is 16.8 Å². The van der Waals surface area contributed by atoms with Crippen molar-refractivity contribution < 1.29 is 4.74 Å². The molecule has 88 valence electrons. The zero-order valence-electron chi connectivity index (χ0n) is 9.24. The Kier molecular flexibility index (Phi) is 3.44. The third-order valence-electron chi connectivity index (χ3n) is 2.25. The van der Waals surface area contributed by atoms with Crippen molar-refractivity contribution in [2.24, 2.45) is 0 Å². The molecule has 4 nitrogen and oxygen atoms in total. The second-order valence-electron chi connectivity index (χ2n) is 3.36. The third-order valence-corrected chi connectivity index (χ3v) is 2.44. The van der Waals surface area contributed by atoms with E-state index in [9.17, 15) is 4.79 Å². The van der Waals surface area contributed by atoms with E-state index in [0.29, 0.717) is 23.5 Å². The summed E-state index contributed by atoms with van der Waals surface area (Å²) >= 11 is 5.77. The molecule has 0 aliphatic heterocycles. The molecule has 0 saturated heterocycles. The summed E-state index contributed by atoms with van der Waals surface area (Å²) < 4.78 is 5.47. The van der Waals surface area contributed by atoms with Gasteiger partial charge in [-0.1, -0.05) is 29.8 Å². The van der Waals surface area contributed by atoms with Crippen LogP contribution in [0, 0.1) is 0 Å². The largest absolute Gasteiger partial charge is 0.493 e. The van der Waals surface area contributed by atoms with Crippen LogP contribution < -0.4 is 10.3 Å². The van der Waals surface area contributed by atoms with Crippen molar-refractivity contribution in [2.75, 3.05) is 6.61 Å². The lowest BCUT2D eigenvalue weighted by atomic mass is 10.1. The Morgan fingerprint density at radius 3 is 2.88 bits per heavy atom. The van der Waals surface area contributed by atoms with Gasteiger partial charge in [0.2, 0.25) is 0 Å². The SMILES string of the molecule is CCOc1ccccc1-c1cc(Cl)n[nH]c1=O. The summed E-state index contributed by atoms with van der Waals surface area (Å²) in [5, 5.41) is 6.21. The van der Waals surface area contributed by atoms with Crippen LogP contribution in [0.3, 0.4) is 0 Å². The van der Waals surface area contributed by atoms with E-state index < -0.39 is 0 Å². The molecule has 17 heavy (non-hydrogen) atoms. The zero-order valence-corrected chi connectivity index (χ0v) is 9.99. The van der Waals surface area contributed by atoms with Gasteiger partial charge in [-0.15, -0.1) is 0 Å². The summed E-state index contributed by atoms with van der Waals surface area (Å²) in [5.41, 5.74) is 0.871. The van der Waals surface area contributed by atoms with Gasteiger partial charge in [-0.2, -0.15) is 5.10 Å². The number of hydrogen-bond acceptors (Lipinski definition) is 3. The van der Waals surface area contributed by atoms with Crippen molar-refractivity contribution in [1.29, 1.82) is 0 Å². The molecule has 0 unspecified atom stereocenters.